The average molecular weight is 325 g/mol. The number of fused-ring (bicyclic) bond motifs is 1. The molecule has 3 heteroatoms. The fourth-order valence-electron chi connectivity index (χ4n) is 3.49. The molecule has 2 heterocycles. The Morgan fingerprint density at radius 1 is 1.04 bits per heavy atom. The molecule has 0 fully saturated rings. The first-order valence-electron chi connectivity index (χ1n) is 8.04. The molecule has 4 rings (SSSR count). The molecule has 3 aromatic rings. The second-order valence-electron chi connectivity index (χ2n) is 6.17. The normalized spacial score (nSPS) is 12.7. The molecular formula is C20H21ClN2. The molecule has 1 aromatic heterocycles. The van der Waals surface area contributed by atoms with Gasteiger partial charge in [0.25, 0.3) is 5.82 Å². The SMILES string of the molecule is Cc1cccc(C[n+]2cc(-c3ccccc3)n3c2CCC3)c1.[Cl-]. The van der Waals surface area contributed by atoms with Crippen LogP contribution in [-0.4, -0.2) is 4.57 Å². The zero-order chi connectivity index (χ0) is 14.9. The molecule has 1 aliphatic heterocycles. The Morgan fingerprint density at radius 3 is 2.65 bits per heavy atom. The third kappa shape index (κ3) is 3.04. The molecule has 0 unspecified atom stereocenters. The van der Waals surface area contributed by atoms with E-state index >= 15 is 0 Å². The predicted molar refractivity (Wildman–Crippen MR) is 88.7 cm³/mol. The predicted octanol–water partition coefficient (Wildman–Crippen LogP) is 0.750. The van der Waals surface area contributed by atoms with Gasteiger partial charge >= 0.3 is 0 Å². The minimum Gasteiger partial charge on any atom is -1.00 e. The Labute approximate surface area is 143 Å². The largest absolute Gasteiger partial charge is 1.00 e. The molecule has 0 amide bonds. The Morgan fingerprint density at radius 2 is 1.87 bits per heavy atom. The lowest BCUT2D eigenvalue weighted by molar-refractivity contribution is -0.694. The highest BCUT2D eigenvalue weighted by Crippen LogP contribution is 2.24. The number of aromatic nitrogens is 2. The van der Waals surface area contributed by atoms with Crippen LogP contribution in [0.1, 0.15) is 23.4 Å². The summed E-state index contributed by atoms with van der Waals surface area (Å²) >= 11 is 0. The van der Waals surface area contributed by atoms with Gasteiger partial charge in [-0.15, -0.1) is 0 Å². The van der Waals surface area contributed by atoms with Crippen molar-refractivity contribution in [1.29, 1.82) is 0 Å². The fraction of sp³-hybridized carbons (Fsp3) is 0.250. The molecule has 0 atom stereocenters. The smallest absolute Gasteiger partial charge is 0.257 e. The first kappa shape index (κ1) is 15.8. The average Bonchev–Trinajstić information content (AvgIpc) is 3.12. The van der Waals surface area contributed by atoms with E-state index in [-0.39, 0.29) is 12.4 Å². The number of halogens is 1. The van der Waals surface area contributed by atoms with Crippen molar-refractivity contribution in [3.05, 3.63) is 77.7 Å². The van der Waals surface area contributed by atoms with E-state index in [1.54, 1.807) is 0 Å². The van der Waals surface area contributed by atoms with Crippen molar-refractivity contribution in [2.45, 2.75) is 32.9 Å². The van der Waals surface area contributed by atoms with Gasteiger partial charge in [0.1, 0.15) is 12.7 Å². The zero-order valence-electron chi connectivity index (χ0n) is 13.4. The van der Waals surface area contributed by atoms with Gasteiger partial charge in [0.05, 0.1) is 13.0 Å². The van der Waals surface area contributed by atoms with Crippen molar-refractivity contribution in [1.82, 2.24) is 4.57 Å². The van der Waals surface area contributed by atoms with Gasteiger partial charge in [-0.05, 0) is 18.9 Å². The van der Waals surface area contributed by atoms with Crippen molar-refractivity contribution in [3.8, 4) is 11.3 Å². The zero-order valence-corrected chi connectivity index (χ0v) is 14.1. The molecular weight excluding hydrogens is 304 g/mol. The Hall–Kier alpha value is -2.06. The molecule has 0 saturated carbocycles. The lowest BCUT2D eigenvalue weighted by Crippen LogP contribution is -3.00. The van der Waals surface area contributed by atoms with Gasteiger partial charge < -0.3 is 12.4 Å². The molecule has 0 spiro atoms. The third-order valence-corrected chi connectivity index (χ3v) is 4.50. The summed E-state index contributed by atoms with van der Waals surface area (Å²) in [7, 11) is 0. The third-order valence-electron chi connectivity index (χ3n) is 4.50. The van der Waals surface area contributed by atoms with Crippen LogP contribution in [0.2, 0.25) is 0 Å². The number of hydrogen-bond donors (Lipinski definition) is 0. The molecule has 0 radical (unpaired) electrons. The molecule has 2 aromatic carbocycles. The monoisotopic (exact) mass is 324 g/mol. The lowest BCUT2D eigenvalue weighted by Gasteiger charge is -2.01. The van der Waals surface area contributed by atoms with Crippen molar-refractivity contribution in [2.75, 3.05) is 0 Å². The van der Waals surface area contributed by atoms with E-state index in [0.29, 0.717) is 0 Å². The second-order valence-corrected chi connectivity index (χ2v) is 6.17. The number of aryl methyl sites for hydroxylation is 1. The van der Waals surface area contributed by atoms with Crippen LogP contribution >= 0.6 is 0 Å². The van der Waals surface area contributed by atoms with Crippen molar-refractivity contribution < 1.29 is 17.0 Å². The number of benzene rings is 2. The number of nitrogens with zero attached hydrogens (tertiary/aromatic N) is 2. The Balaban J connectivity index is 0.00000156. The maximum atomic E-state index is 2.49. The van der Waals surface area contributed by atoms with Crippen LogP contribution in [0, 0.1) is 6.92 Å². The van der Waals surface area contributed by atoms with Gasteiger partial charge in [0, 0.05) is 5.56 Å². The number of rotatable bonds is 3. The fourth-order valence-corrected chi connectivity index (χ4v) is 3.49. The van der Waals surface area contributed by atoms with Gasteiger partial charge in [0.2, 0.25) is 0 Å². The van der Waals surface area contributed by atoms with Gasteiger partial charge in [0.15, 0.2) is 5.69 Å². The van der Waals surface area contributed by atoms with Gasteiger partial charge in [-0.3, -0.25) is 0 Å². The van der Waals surface area contributed by atoms with Crippen molar-refractivity contribution in [3.63, 3.8) is 0 Å². The van der Waals surface area contributed by atoms with E-state index in [2.05, 4.69) is 76.9 Å². The Bertz CT molecular complexity index is 806. The van der Waals surface area contributed by atoms with E-state index in [1.165, 1.54) is 41.1 Å². The van der Waals surface area contributed by atoms with Crippen molar-refractivity contribution in [2.24, 2.45) is 0 Å². The number of imidazole rings is 1. The second kappa shape index (κ2) is 6.59. The standard InChI is InChI=1S/C20H21N2.ClH/c1-16-7-5-8-17(13-16)14-21-15-19(18-9-3-2-4-10-18)22-12-6-11-20(21)22;/h2-5,7-10,13,15H,6,11-12,14H2,1H3;1H/q+1;/p-1. The van der Waals surface area contributed by atoms with E-state index in [0.717, 1.165) is 13.1 Å². The summed E-state index contributed by atoms with van der Waals surface area (Å²) in [4.78, 5) is 0. The topological polar surface area (TPSA) is 8.81 Å². The molecule has 0 N–H and O–H groups in total. The van der Waals surface area contributed by atoms with Crippen molar-refractivity contribution >= 4 is 0 Å². The molecule has 0 bridgehead atoms. The van der Waals surface area contributed by atoms with E-state index < -0.39 is 0 Å². The highest BCUT2D eigenvalue weighted by molar-refractivity contribution is 5.58. The maximum Gasteiger partial charge on any atom is 0.257 e. The summed E-state index contributed by atoms with van der Waals surface area (Å²) in [6.45, 7) is 4.26. The summed E-state index contributed by atoms with van der Waals surface area (Å²) in [5.74, 6) is 1.46. The quantitative estimate of drug-likeness (QED) is 0.629. The minimum absolute atomic E-state index is 0. The first-order chi connectivity index (χ1) is 10.8. The summed E-state index contributed by atoms with van der Waals surface area (Å²) in [5.41, 5.74) is 5.37. The highest BCUT2D eigenvalue weighted by atomic mass is 35.5. The minimum atomic E-state index is 0. The van der Waals surface area contributed by atoms with Crippen LogP contribution in [0.5, 0.6) is 0 Å². The highest BCUT2D eigenvalue weighted by Gasteiger charge is 2.28. The van der Waals surface area contributed by atoms with Crippen LogP contribution in [0.25, 0.3) is 11.3 Å². The summed E-state index contributed by atoms with van der Waals surface area (Å²) in [5, 5.41) is 0. The molecule has 23 heavy (non-hydrogen) atoms. The van der Waals surface area contributed by atoms with E-state index in [9.17, 15) is 0 Å². The van der Waals surface area contributed by atoms with Crippen LogP contribution in [0.4, 0.5) is 0 Å². The van der Waals surface area contributed by atoms with E-state index in [4.69, 9.17) is 0 Å². The molecule has 0 aliphatic carbocycles. The lowest BCUT2D eigenvalue weighted by atomic mass is 10.1. The van der Waals surface area contributed by atoms with Gasteiger partial charge in [-0.25, -0.2) is 9.13 Å². The summed E-state index contributed by atoms with van der Waals surface area (Å²) in [6, 6.07) is 19.6. The first-order valence-corrected chi connectivity index (χ1v) is 8.04. The van der Waals surface area contributed by atoms with Crippen LogP contribution in [-0.2, 0) is 19.5 Å². The Kier molecular flexibility index (Phi) is 4.53. The molecule has 2 nitrogen and oxygen atoms in total. The van der Waals surface area contributed by atoms with Crippen LogP contribution in [0.15, 0.2) is 60.8 Å². The van der Waals surface area contributed by atoms with Gasteiger partial charge in [-0.2, -0.15) is 0 Å². The van der Waals surface area contributed by atoms with Crippen LogP contribution in [0.3, 0.4) is 0 Å². The molecule has 118 valence electrons. The number of hydrogen-bond acceptors (Lipinski definition) is 0. The van der Waals surface area contributed by atoms with E-state index in [1.807, 2.05) is 0 Å². The maximum absolute atomic E-state index is 2.49. The van der Waals surface area contributed by atoms with Gasteiger partial charge in [-0.1, -0.05) is 60.2 Å². The summed E-state index contributed by atoms with van der Waals surface area (Å²) < 4.78 is 4.93. The molecule has 0 saturated heterocycles. The van der Waals surface area contributed by atoms with Crippen LogP contribution < -0.4 is 17.0 Å². The molecule has 1 aliphatic rings. The summed E-state index contributed by atoms with van der Waals surface area (Å²) in [6.07, 6.45) is 4.76.